The Kier molecular flexibility index (Phi) is 6.65. The summed E-state index contributed by atoms with van der Waals surface area (Å²) in [5.41, 5.74) is 3.16. The standard InChI is InChI=1S/C16H23NO2S/c1-5-14(11-20-4)17(3)15-8-6-12(2)10-13(15)7-9-16(18)19/h6-10,14H,5,11H2,1-4H3,(H,18,19)/b9-7+. The Morgan fingerprint density at radius 3 is 2.75 bits per heavy atom. The van der Waals surface area contributed by atoms with Crippen LogP contribution in [0.1, 0.15) is 24.5 Å². The van der Waals surface area contributed by atoms with Crippen LogP contribution in [0.25, 0.3) is 6.08 Å². The highest BCUT2D eigenvalue weighted by Gasteiger charge is 2.15. The largest absolute Gasteiger partial charge is 0.478 e. The average Bonchev–Trinajstić information content (AvgIpc) is 2.42. The molecule has 0 spiro atoms. The van der Waals surface area contributed by atoms with Gasteiger partial charge in [0.15, 0.2) is 0 Å². The lowest BCUT2D eigenvalue weighted by Gasteiger charge is -2.30. The number of hydrogen-bond donors (Lipinski definition) is 1. The predicted molar refractivity (Wildman–Crippen MR) is 88.7 cm³/mol. The van der Waals surface area contributed by atoms with E-state index in [0.29, 0.717) is 6.04 Å². The highest BCUT2D eigenvalue weighted by molar-refractivity contribution is 7.98. The number of rotatable bonds is 7. The Morgan fingerprint density at radius 1 is 1.50 bits per heavy atom. The summed E-state index contributed by atoms with van der Waals surface area (Å²) >= 11 is 1.83. The summed E-state index contributed by atoms with van der Waals surface area (Å²) in [5.74, 6) is 0.138. The second-order valence-electron chi connectivity index (χ2n) is 4.86. The molecule has 20 heavy (non-hydrogen) atoms. The molecule has 1 aromatic carbocycles. The van der Waals surface area contributed by atoms with E-state index in [4.69, 9.17) is 5.11 Å². The molecule has 0 aromatic heterocycles. The summed E-state index contributed by atoms with van der Waals surface area (Å²) in [6.07, 6.45) is 6.04. The van der Waals surface area contributed by atoms with Crippen LogP contribution in [0, 0.1) is 6.92 Å². The summed E-state index contributed by atoms with van der Waals surface area (Å²) in [6.45, 7) is 4.19. The molecule has 0 fully saturated rings. The molecule has 0 heterocycles. The van der Waals surface area contributed by atoms with Gasteiger partial charge in [0.05, 0.1) is 0 Å². The first kappa shape index (κ1) is 16.6. The number of anilines is 1. The molecule has 0 aliphatic heterocycles. The molecule has 4 heteroatoms. The first-order valence-corrected chi connectivity index (χ1v) is 8.12. The van der Waals surface area contributed by atoms with Crippen molar-refractivity contribution >= 4 is 29.5 Å². The number of carboxylic acid groups (broad SMARTS) is 1. The van der Waals surface area contributed by atoms with Crippen molar-refractivity contribution in [1.82, 2.24) is 0 Å². The second-order valence-corrected chi connectivity index (χ2v) is 5.77. The highest BCUT2D eigenvalue weighted by Crippen LogP contribution is 2.26. The van der Waals surface area contributed by atoms with Crippen molar-refractivity contribution in [2.75, 3.05) is 24.0 Å². The zero-order valence-electron chi connectivity index (χ0n) is 12.6. The van der Waals surface area contributed by atoms with Crippen molar-refractivity contribution in [3.63, 3.8) is 0 Å². The fourth-order valence-electron chi connectivity index (χ4n) is 2.18. The molecule has 0 aliphatic carbocycles. The molecule has 0 saturated heterocycles. The Balaban J connectivity index is 3.12. The zero-order chi connectivity index (χ0) is 15.1. The van der Waals surface area contributed by atoms with Crippen LogP contribution in [0.15, 0.2) is 24.3 Å². The summed E-state index contributed by atoms with van der Waals surface area (Å²) in [7, 11) is 2.08. The summed E-state index contributed by atoms with van der Waals surface area (Å²) in [6, 6.07) is 6.61. The van der Waals surface area contributed by atoms with Crippen LogP contribution in [0.5, 0.6) is 0 Å². The van der Waals surface area contributed by atoms with Gasteiger partial charge in [-0.05, 0) is 43.4 Å². The van der Waals surface area contributed by atoms with Gasteiger partial charge >= 0.3 is 5.97 Å². The van der Waals surface area contributed by atoms with Gasteiger partial charge in [0.2, 0.25) is 0 Å². The van der Waals surface area contributed by atoms with E-state index >= 15 is 0 Å². The van der Waals surface area contributed by atoms with E-state index in [1.54, 1.807) is 6.08 Å². The molecule has 1 unspecified atom stereocenters. The molecule has 1 atom stereocenters. The number of aryl methyl sites for hydroxylation is 1. The van der Waals surface area contributed by atoms with E-state index in [-0.39, 0.29) is 0 Å². The lowest BCUT2D eigenvalue weighted by Crippen LogP contribution is -2.33. The van der Waals surface area contributed by atoms with Crippen molar-refractivity contribution in [2.24, 2.45) is 0 Å². The summed E-state index contributed by atoms with van der Waals surface area (Å²) < 4.78 is 0. The normalized spacial score (nSPS) is 12.6. The summed E-state index contributed by atoms with van der Waals surface area (Å²) in [4.78, 5) is 13.0. The predicted octanol–water partition coefficient (Wildman–Crippen LogP) is 3.67. The number of hydrogen-bond acceptors (Lipinski definition) is 3. The van der Waals surface area contributed by atoms with Gasteiger partial charge in [-0.2, -0.15) is 11.8 Å². The van der Waals surface area contributed by atoms with Crippen LogP contribution in [-0.2, 0) is 4.79 Å². The van der Waals surface area contributed by atoms with Crippen molar-refractivity contribution in [2.45, 2.75) is 26.3 Å². The highest BCUT2D eigenvalue weighted by atomic mass is 32.2. The Hall–Kier alpha value is -1.42. The van der Waals surface area contributed by atoms with Gasteiger partial charge in [0, 0.05) is 30.6 Å². The van der Waals surface area contributed by atoms with Gasteiger partial charge in [-0.15, -0.1) is 0 Å². The molecule has 1 rings (SSSR count). The van der Waals surface area contributed by atoms with Crippen LogP contribution in [-0.4, -0.2) is 36.2 Å². The van der Waals surface area contributed by atoms with Gasteiger partial charge in [-0.3, -0.25) is 0 Å². The van der Waals surface area contributed by atoms with Gasteiger partial charge in [-0.25, -0.2) is 4.79 Å². The maximum absolute atomic E-state index is 10.7. The van der Waals surface area contributed by atoms with Gasteiger partial charge in [-0.1, -0.05) is 18.6 Å². The lowest BCUT2D eigenvalue weighted by molar-refractivity contribution is -0.131. The molecule has 110 valence electrons. The molecule has 0 amide bonds. The van der Waals surface area contributed by atoms with Crippen molar-refractivity contribution in [3.8, 4) is 0 Å². The molecule has 1 N–H and O–H groups in total. The van der Waals surface area contributed by atoms with Crippen molar-refractivity contribution in [3.05, 3.63) is 35.4 Å². The maximum atomic E-state index is 10.7. The number of carboxylic acids is 1. The minimum atomic E-state index is -0.920. The van der Waals surface area contributed by atoms with E-state index in [2.05, 4.69) is 37.3 Å². The molecular weight excluding hydrogens is 270 g/mol. The Labute approximate surface area is 125 Å². The SMILES string of the molecule is CCC(CSC)N(C)c1ccc(C)cc1/C=C/C(=O)O. The van der Waals surface area contributed by atoms with Crippen LogP contribution in [0.2, 0.25) is 0 Å². The number of carbonyl (C=O) groups is 1. The third-order valence-corrected chi connectivity index (χ3v) is 4.06. The quantitative estimate of drug-likeness (QED) is 0.779. The van der Waals surface area contributed by atoms with Crippen LogP contribution in [0.3, 0.4) is 0 Å². The fourth-order valence-corrected chi connectivity index (χ4v) is 3.03. The molecule has 1 aromatic rings. The topological polar surface area (TPSA) is 40.5 Å². The van der Waals surface area contributed by atoms with E-state index in [1.807, 2.05) is 24.8 Å². The summed E-state index contributed by atoms with van der Waals surface area (Å²) in [5, 5.41) is 8.81. The third kappa shape index (κ3) is 4.60. The molecular formula is C16H23NO2S. The number of benzene rings is 1. The molecule has 0 radical (unpaired) electrons. The van der Waals surface area contributed by atoms with Gasteiger partial charge in [0.25, 0.3) is 0 Å². The monoisotopic (exact) mass is 293 g/mol. The molecule has 0 aliphatic rings. The second kappa shape index (κ2) is 8.00. The van der Waals surface area contributed by atoms with E-state index in [0.717, 1.165) is 29.0 Å². The van der Waals surface area contributed by atoms with Crippen molar-refractivity contribution < 1.29 is 9.90 Å². The van der Waals surface area contributed by atoms with Crippen LogP contribution >= 0.6 is 11.8 Å². The smallest absolute Gasteiger partial charge is 0.328 e. The lowest BCUT2D eigenvalue weighted by atomic mass is 10.1. The minimum Gasteiger partial charge on any atom is -0.478 e. The number of aliphatic carboxylic acids is 1. The third-order valence-electron chi connectivity index (χ3n) is 3.35. The number of thioether (sulfide) groups is 1. The first-order valence-electron chi connectivity index (χ1n) is 6.73. The van der Waals surface area contributed by atoms with Crippen molar-refractivity contribution in [1.29, 1.82) is 0 Å². The molecule has 0 saturated carbocycles. The van der Waals surface area contributed by atoms with Crippen LogP contribution < -0.4 is 4.90 Å². The van der Waals surface area contributed by atoms with E-state index < -0.39 is 5.97 Å². The maximum Gasteiger partial charge on any atom is 0.328 e. The first-order chi connectivity index (χ1) is 9.49. The zero-order valence-corrected chi connectivity index (χ0v) is 13.4. The Morgan fingerprint density at radius 2 is 2.20 bits per heavy atom. The minimum absolute atomic E-state index is 0.449. The van der Waals surface area contributed by atoms with E-state index in [1.165, 1.54) is 6.08 Å². The van der Waals surface area contributed by atoms with Gasteiger partial charge in [0.1, 0.15) is 0 Å². The fraction of sp³-hybridized carbons (Fsp3) is 0.438. The number of nitrogens with zero attached hydrogens (tertiary/aromatic N) is 1. The molecule has 3 nitrogen and oxygen atoms in total. The Bertz CT molecular complexity index is 485. The average molecular weight is 293 g/mol. The van der Waals surface area contributed by atoms with Gasteiger partial charge < -0.3 is 10.0 Å². The van der Waals surface area contributed by atoms with E-state index in [9.17, 15) is 4.79 Å². The van der Waals surface area contributed by atoms with Crippen LogP contribution in [0.4, 0.5) is 5.69 Å². The molecule has 0 bridgehead atoms.